The second kappa shape index (κ2) is 7.53. The number of hydrazone groups is 1. The molecule has 3 aromatic rings. The first-order valence-electron chi connectivity index (χ1n) is 7.53. The molecule has 2 aromatic carbocycles. The maximum Gasteiger partial charge on any atom is 0.270 e. The Morgan fingerprint density at radius 3 is 2.63 bits per heavy atom. The standard InChI is InChI=1S/C18H10F3N5O/c19-12-6-11(15(21)14(20)7-12)9-23-26-18-24-16(10-4-2-1-3-5-10)13(8-22)17(27)25-18/h1-7,9H,(H2,24,25,26,27). The Morgan fingerprint density at radius 1 is 1.19 bits per heavy atom. The minimum Gasteiger partial charge on any atom is -0.290 e. The Bertz CT molecular complexity index is 1120. The number of anilines is 1. The number of aromatic nitrogens is 2. The molecule has 0 aliphatic rings. The minimum atomic E-state index is -1.35. The van der Waals surface area contributed by atoms with E-state index >= 15 is 0 Å². The Kier molecular flexibility index (Phi) is 4.99. The van der Waals surface area contributed by atoms with Crippen LogP contribution in [-0.4, -0.2) is 16.2 Å². The molecule has 0 saturated carbocycles. The van der Waals surface area contributed by atoms with Crippen LogP contribution in [0.15, 0.2) is 52.4 Å². The van der Waals surface area contributed by atoms with Crippen molar-refractivity contribution in [2.75, 3.05) is 5.43 Å². The first-order chi connectivity index (χ1) is 13.0. The minimum absolute atomic E-state index is 0.127. The van der Waals surface area contributed by atoms with Gasteiger partial charge in [0.05, 0.1) is 11.9 Å². The van der Waals surface area contributed by atoms with E-state index in [2.05, 4.69) is 20.5 Å². The summed E-state index contributed by atoms with van der Waals surface area (Å²) in [7, 11) is 0. The van der Waals surface area contributed by atoms with E-state index in [4.69, 9.17) is 0 Å². The highest BCUT2D eigenvalue weighted by Crippen LogP contribution is 2.19. The molecule has 0 amide bonds. The Morgan fingerprint density at radius 2 is 1.93 bits per heavy atom. The lowest BCUT2D eigenvalue weighted by Crippen LogP contribution is -2.16. The summed E-state index contributed by atoms with van der Waals surface area (Å²) in [4.78, 5) is 18.5. The summed E-state index contributed by atoms with van der Waals surface area (Å²) in [6.07, 6.45) is 0.835. The fourth-order valence-electron chi connectivity index (χ4n) is 2.27. The van der Waals surface area contributed by atoms with Crippen LogP contribution in [0.1, 0.15) is 11.1 Å². The molecule has 134 valence electrons. The molecule has 0 aliphatic heterocycles. The monoisotopic (exact) mass is 369 g/mol. The lowest BCUT2D eigenvalue weighted by Gasteiger charge is -2.06. The van der Waals surface area contributed by atoms with Crippen molar-refractivity contribution < 1.29 is 13.2 Å². The molecule has 0 bridgehead atoms. The summed E-state index contributed by atoms with van der Waals surface area (Å²) >= 11 is 0. The van der Waals surface area contributed by atoms with Crippen LogP contribution >= 0.6 is 0 Å². The van der Waals surface area contributed by atoms with E-state index in [1.54, 1.807) is 36.4 Å². The van der Waals surface area contributed by atoms with Crippen LogP contribution < -0.4 is 11.0 Å². The van der Waals surface area contributed by atoms with Crippen molar-refractivity contribution in [3.05, 3.63) is 81.4 Å². The molecule has 3 rings (SSSR count). The van der Waals surface area contributed by atoms with Gasteiger partial charge in [-0.1, -0.05) is 30.3 Å². The van der Waals surface area contributed by atoms with Crippen LogP contribution in [0, 0.1) is 28.8 Å². The van der Waals surface area contributed by atoms with Crippen molar-refractivity contribution in [3.8, 4) is 17.3 Å². The topological polar surface area (TPSA) is 93.9 Å². The lowest BCUT2D eigenvalue weighted by atomic mass is 10.1. The molecule has 0 unspecified atom stereocenters. The number of hydrogen-bond donors (Lipinski definition) is 2. The van der Waals surface area contributed by atoms with Gasteiger partial charge >= 0.3 is 0 Å². The zero-order valence-electron chi connectivity index (χ0n) is 13.5. The molecule has 1 aromatic heterocycles. The quantitative estimate of drug-likeness (QED) is 0.420. The highest BCUT2D eigenvalue weighted by molar-refractivity contribution is 5.80. The summed E-state index contributed by atoms with van der Waals surface area (Å²) in [6.45, 7) is 0. The number of aromatic amines is 1. The van der Waals surface area contributed by atoms with Gasteiger partial charge in [-0.15, -0.1) is 0 Å². The van der Waals surface area contributed by atoms with Crippen molar-refractivity contribution in [3.63, 3.8) is 0 Å². The zero-order valence-corrected chi connectivity index (χ0v) is 13.5. The molecule has 0 aliphatic carbocycles. The van der Waals surface area contributed by atoms with Crippen LogP contribution in [0.4, 0.5) is 19.1 Å². The van der Waals surface area contributed by atoms with Gasteiger partial charge in [-0.25, -0.2) is 23.6 Å². The fraction of sp³-hybridized carbons (Fsp3) is 0. The average molecular weight is 369 g/mol. The number of hydrogen-bond acceptors (Lipinski definition) is 5. The number of benzene rings is 2. The maximum absolute atomic E-state index is 13.6. The molecule has 1 heterocycles. The van der Waals surface area contributed by atoms with E-state index in [0.29, 0.717) is 11.6 Å². The molecular weight excluding hydrogens is 359 g/mol. The average Bonchev–Trinajstić information content (AvgIpc) is 2.66. The lowest BCUT2D eigenvalue weighted by molar-refractivity contribution is 0.494. The van der Waals surface area contributed by atoms with Crippen LogP contribution in [0.5, 0.6) is 0 Å². The van der Waals surface area contributed by atoms with Gasteiger partial charge in [0, 0.05) is 17.2 Å². The van der Waals surface area contributed by atoms with E-state index in [1.165, 1.54) is 0 Å². The predicted octanol–water partition coefficient (Wildman–Crippen LogP) is 3.17. The second-order valence-corrected chi connectivity index (χ2v) is 5.28. The molecule has 9 heteroatoms. The summed E-state index contributed by atoms with van der Waals surface area (Å²) < 4.78 is 39.9. The summed E-state index contributed by atoms with van der Waals surface area (Å²) in [6, 6.07) is 11.5. The van der Waals surface area contributed by atoms with E-state index < -0.39 is 28.6 Å². The van der Waals surface area contributed by atoms with Crippen LogP contribution in [0.2, 0.25) is 0 Å². The van der Waals surface area contributed by atoms with E-state index in [1.807, 2.05) is 0 Å². The molecule has 0 saturated heterocycles. The SMILES string of the molecule is N#Cc1c(-c2ccccc2)nc(NN=Cc2cc(F)cc(F)c2F)[nH]c1=O. The molecule has 0 radical (unpaired) electrons. The smallest absolute Gasteiger partial charge is 0.270 e. The van der Waals surface area contributed by atoms with Crippen LogP contribution in [0.25, 0.3) is 11.3 Å². The van der Waals surface area contributed by atoms with E-state index in [9.17, 15) is 23.2 Å². The predicted molar refractivity (Wildman–Crippen MR) is 92.5 cm³/mol. The van der Waals surface area contributed by atoms with Crippen molar-refractivity contribution >= 4 is 12.2 Å². The first-order valence-corrected chi connectivity index (χ1v) is 7.53. The molecular formula is C18H10F3N5O. The van der Waals surface area contributed by atoms with Gasteiger partial charge < -0.3 is 0 Å². The number of halogens is 3. The fourth-order valence-corrected chi connectivity index (χ4v) is 2.27. The van der Waals surface area contributed by atoms with Crippen molar-refractivity contribution in [1.29, 1.82) is 5.26 Å². The third-order valence-corrected chi connectivity index (χ3v) is 3.47. The number of nitrogens with zero attached hydrogens (tertiary/aromatic N) is 3. The third kappa shape index (κ3) is 3.85. The van der Waals surface area contributed by atoms with Crippen molar-refractivity contribution in [2.45, 2.75) is 0 Å². The maximum atomic E-state index is 13.6. The van der Waals surface area contributed by atoms with Gasteiger partial charge in [-0.3, -0.25) is 9.78 Å². The summed E-state index contributed by atoms with van der Waals surface area (Å²) in [5.41, 5.74) is 1.68. The summed E-state index contributed by atoms with van der Waals surface area (Å²) in [5.74, 6) is -3.72. The number of nitriles is 1. The van der Waals surface area contributed by atoms with Crippen LogP contribution in [0.3, 0.4) is 0 Å². The van der Waals surface area contributed by atoms with E-state index in [0.717, 1.165) is 12.3 Å². The van der Waals surface area contributed by atoms with E-state index in [-0.39, 0.29) is 17.2 Å². The molecule has 0 spiro atoms. The normalized spacial score (nSPS) is 10.7. The number of nitrogens with one attached hydrogen (secondary N) is 2. The first kappa shape index (κ1) is 17.9. The van der Waals surface area contributed by atoms with Crippen LogP contribution in [-0.2, 0) is 0 Å². The highest BCUT2D eigenvalue weighted by atomic mass is 19.2. The largest absolute Gasteiger partial charge is 0.290 e. The number of H-pyrrole nitrogens is 1. The van der Waals surface area contributed by atoms with Gasteiger partial charge in [-0.05, 0) is 6.07 Å². The van der Waals surface area contributed by atoms with Crippen molar-refractivity contribution in [1.82, 2.24) is 9.97 Å². The van der Waals surface area contributed by atoms with Crippen molar-refractivity contribution in [2.24, 2.45) is 5.10 Å². The zero-order chi connectivity index (χ0) is 19.4. The van der Waals surface area contributed by atoms with Gasteiger partial charge in [0.25, 0.3) is 5.56 Å². The third-order valence-electron chi connectivity index (χ3n) is 3.47. The van der Waals surface area contributed by atoms with Gasteiger partial charge in [-0.2, -0.15) is 10.4 Å². The van der Waals surface area contributed by atoms with Gasteiger partial charge in [0.1, 0.15) is 17.4 Å². The summed E-state index contributed by atoms with van der Waals surface area (Å²) in [5, 5.41) is 12.8. The Balaban J connectivity index is 1.94. The molecule has 0 atom stereocenters. The van der Waals surface area contributed by atoms with Gasteiger partial charge in [0.2, 0.25) is 5.95 Å². The Hall–Kier alpha value is -3.93. The molecule has 6 nitrogen and oxygen atoms in total. The second-order valence-electron chi connectivity index (χ2n) is 5.28. The molecule has 2 N–H and O–H groups in total. The van der Waals surface area contributed by atoms with Gasteiger partial charge in [0.15, 0.2) is 11.6 Å². The Labute approximate surface area is 150 Å². The molecule has 0 fully saturated rings. The molecule has 27 heavy (non-hydrogen) atoms. The number of rotatable bonds is 4. The highest BCUT2D eigenvalue weighted by Gasteiger charge is 2.13.